The normalized spacial score (nSPS) is 9.73. The van der Waals surface area contributed by atoms with Crippen LogP contribution in [0.3, 0.4) is 0 Å². The Kier molecular flexibility index (Phi) is 7.45. The van der Waals surface area contributed by atoms with Gasteiger partial charge in [0, 0.05) is 6.54 Å². The summed E-state index contributed by atoms with van der Waals surface area (Å²) in [7, 11) is 1.28. The number of hydrogen-bond donors (Lipinski definition) is 2. The second-order valence-corrected chi connectivity index (χ2v) is 4.43. The molecule has 22 heavy (non-hydrogen) atoms. The van der Waals surface area contributed by atoms with E-state index in [9.17, 15) is 14.4 Å². The third-order valence-corrected chi connectivity index (χ3v) is 2.64. The summed E-state index contributed by atoms with van der Waals surface area (Å²) in [5, 5.41) is 5.08. The molecule has 0 aromatic heterocycles. The molecular formula is C15H20N2O5. The van der Waals surface area contributed by atoms with Crippen LogP contribution in [0.4, 0.5) is 0 Å². The number of amides is 2. The van der Waals surface area contributed by atoms with Crippen molar-refractivity contribution in [2.24, 2.45) is 0 Å². The molecule has 120 valence electrons. The van der Waals surface area contributed by atoms with Crippen molar-refractivity contribution >= 4 is 17.8 Å². The number of hydrogen-bond acceptors (Lipinski definition) is 5. The largest absolute Gasteiger partial charge is 0.484 e. The van der Waals surface area contributed by atoms with Gasteiger partial charge in [0.05, 0.1) is 19.2 Å². The van der Waals surface area contributed by atoms with Crippen molar-refractivity contribution < 1.29 is 23.9 Å². The number of methoxy groups -OCH3 is 1. The van der Waals surface area contributed by atoms with Crippen LogP contribution in [0.2, 0.25) is 0 Å². The second-order valence-electron chi connectivity index (χ2n) is 4.43. The van der Waals surface area contributed by atoms with Crippen molar-refractivity contribution in [3.05, 3.63) is 29.8 Å². The Morgan fingerprint density at radius 3 is 2.59 bits per heavy atom. The highest BCUT2D eigenvalue weighted by Crippen LogP contribution is 2.13. The lowest BCUT2D eigenvalue weighted by atomic mass is 10.2. The molecule has 0 saturated carbocycles. The molecular weight excluding hydrogens is 288 g/mol. The van der Waals surface area contributed by atoms with Crippen LogP contribution in [0.1, 0.15) is 23.7 Å². The molecule has 1 rings (SSSR count). The zero-order valence-corrected chi connectivity index (χ0v) is 12.7. The SMILES string of the molecule is CCCNC(=O)CNC(=O)COc1cccc(C(=O)OC)c1. The van der Waals surface area contributed by atoms with Gasteiger partial charge in [-0.1, -0.05) is 13.0 Å². The molecule has 2 amide bonds. The molecule has 0 aliphatic heterocycles. The van der Waals surface area contributed by atoms with Crippen molar-refractivity contribution in [3.8, 4) is 5.75 Å². The minimum atomic E-state index is -0.484. The Hall–Kier alpha value is -2.57. The molecule has 0 radical (unpaired) electrons. The van der Waals surface area contributed by atoms with Gasteiger partial charge < -0.3 is 20.1 Å². The Balaban J connectivity index is 2.38. The predicted octanol–water partition coefficient (Wildman–Crippen LogP) is 0.494. The van der Waals surface area contributed by atoms with Gasteiger partial charge in [-0.25, -0.2) is 4.79 Å². The lowest BCUT2D eigenvalue weighted by Crippen LogP contribution is -2.39. The van der Waals surface area contributed by atoms with Crippen LogP contribution in [0.5, 0.6) is 5.75 Å². The monoisotopic (exact) mass is 308 g/mol. The van der Waals surface area contributed by atoms with Crippen LogP contribution in [0.25, 0.3) is 0 Å². The molecule has 0 aliphatic carbocycles. The highest BCUT2D eigenvalue weighted by atomic mass is 16.5. The van der Waals surface area contributed by atoms with Gasteiger partial charge in [0.1, 0.15) is 5.75 Å². The summed E-state index contributed by atoms with van der Waals surface area (Å²) in [6.07, 6.45) is 0.833. The zero-order chi connectivity index (χ0) is 16.4. The van der Waals surface area contributed by atoms with Crippen molar-refractivity contribution in [1.82, 2.24) is 10.6 Å². The van der Waals surface area contributed by atoms with E-state index in [2.05, 4.69) is 15.4 Å². The molecule has 1 aromatic carbocycles. The van der Waals surface area contributed by atoms with Crippen LogP contribution in [0.15, 0.2) is 24.3 Å². The van der Waals surface area contributed by atoms with Gasteiger partial charge in [-0.15, -0.1) is 0 Å². The summed E-state index contributed by atoms with van der Waals surface area (Å²) in [6, 6.07) is 6.30. The van der Waals surface area contributed by atoms with Gasteiger partial charge >= 0.3 is 5.97 Å². The smallest absolute Gasteiger partial charge is 0.337 e. The lowest BCUT2D eigenvalue weighted by molar-refractivity contribution is -0.127. The topological polar surface area (TPSA) is 93.7 Å². The first-order chi connectivity index (χ1) is 10.6. The predicted molar refractivity (Wildman–Crippen MR) is 79.6 cm³/mol. The van der Waals surface area contributed by atoms with Crippen molar-refractivity contribution in [1.29, 1.82) is 0 Å². The van der Waals surface area contributed by atoms with Crippen LogP contribution in [0, 0.1) is 0 Å². The van der Waals surface area contributed by atoms with E-state index in [0.29, 0.717) is 17.9 Å². The molecule has 0 spiro atoms. The van der Waals surface area contributed by atoms with Crippen molar-refractivity contribution in [2.45, 2.75) is 13.3 Å². The van der Waals surface area contributed by atoms with E-state index in [1.165, 1.54) is 13.2 Å². The van der Waals surface area contributed by atoms with E-state index in [1.807, 2.05) is 6.92 Å². The number of carbonyl (C=O) groups excluding carboxylic acids is 3. The molecule has 0 aliphatic rings. The van der Waals surface area contributed by atoms with E-state index in [0.717, 1.165) is 6.42 Å². The van der Waals surface area contributed by atoms with Crippen molar-refractivity contribution in [3.63, 3.8) is 0 Å². The molecule has 1 aromatic rings. The fourth-order valence-electron chi connectivity index (χ4n) is 1.54. The third kappa shape index (κ3) is 6.25. The first-order valence-electron chi connectivity index (χ1n) is 6.91. The van der Waals surface area contributed by atoms with Crippen molar-refractivity contribution in [2.75, 3.05) is 26.8 Å². The summed E-state index contributed by atoms with van der Waals surface area (Å²) in [5.41, 5.74) is 0.333. The van der Waals surface area contributed by atoms with Crippen LogP contribution in [-0.2, 0) is 14.3 Å². The van der Waals surface area contributed by atoms with E-state index in [1.54, 1.807) is 18.2 Å². The molecule has 0 saturated heterocycles. The fourth-order valence-corrected chi connectivity index (χ4v) is 1.54. The van der Waals surface area contributed by atoms with Gasteiger partial charge in [0.25, 0.3) is 5.91 Å². The maximum atomic E-state index is 11.6. The van der Waals surface area contributed by atoms with E-state index in [-0.39, 0.29) is 19.1 Å². The Labute approximate surface area is 129 Å². The Morgan fingerprint density at radius 2 is 1.91 bits per heavy atom. The number of benzene rings is 1. The van der Waals surface area contributed by atoms with Gasteiger partial charge in [-0.05, 0) is 24.6 Å². The van der Waals surface area contributed by atoms with Crippen LogP contribution in [-0.4, -0.2) is 44.6 Å². The average molecular weight is 308 g/mol. The number of esters is 1. The zero-order valence-electron chi connectivity index (χ0n) is 12.7. The summed E-state index contributed by atoms with van der Waals surface area (Å²) in [4.78, 5) is 34.2. The number of carbonyl (C=O) groups is 3. The standard InChI is InChI=1S/C15H20N2O5/c1-3-7-16-13(18)9-17-14(19)10-22-12-6-4-5-11(8-12)15(20)21-2/h4-6,8H,3,7,9-10H2,1-2H3,(H,16,18)(H,17,19). The number of nitrogens with one attached hydrogen (secondary N) is 2. The van der Waals surface area contributed by atoms with Crippen LogP contribution >= 0.6 is 0 Å². The Morgan fingerprint density at radius 1 is 1.14 bits per heavy atom. The first-order valence-corrected chi connectivity index (χ1v) is 6.91. The molecule has 2 N–H and O–H groups in total. The number of ether oxygens (including phenoxy) is 2. The molecule has 0 fully saturated rings. The van der Waals surface area contributed by atoms with E-state index in [4.69, 9.17) is 4.74 Å². The lowest BCUT2D eigenvalue weighted by Gasteiger charge is -2.08. The highest BCUT2D eigenvalue weighted by molar-refractivity contribution is 5.89. The van der Waals surface area contributed by atoms with Crippen LogP contribution < -0.4 is 15.4 Å². The molecule has 0 heterocycles. The minimum absolute atomic E-state index is 0.0929. The Bertz CT molecular complexity index is 530. The quantitative estimate of drug-likeness (QED) is 0.682. The maximum Gasteiger partial charge on any atom is 0.337 e. The molecule has 0 bridgehead atoms. The van der Waals surface area contributed by atoms with Gasteiger partial charge in [-0.3, -0.25) is 9.59 Å². The third-order valence-electron chi connectivity index (χ3n) is 2.64. The van der Waals surface area contributed by atoms with Gasteiger partial charge in [0.15, 0.2) is 6.61 Å². The van der Waals surface area contributed by atoms with E-state index >= 15 is 0 Å². The minimum Gasteiger partial charge on any atom is -0.484 e. The molecule has 7 heteroatoms. The second kappa shape index (κ2) is 9.38. The summed E-state index contributed by atoms with van der Waals surface area (Å²) in [5.74, 6) is -0.783. The van der Waals surface area contributed by atoms with Gasteiger partial charge in [-0.2, -0.15) is 0 Å². The average Bonchev–Trinajstić information content (AvgIpc) is 2.55. The van der Waals surface area contributed by atoms with E-state index < -0.39 is 11.9 Å². The molecule has 0 unspecified atom stereocenters. The highest BCUT2D eigenvalue weighted by Gasteiger charge is 2.08. The summed E-state index contributed by atoms with van der Waals surface area (Å²) in [6.45, 7) is 2.18. The first kappa shape index (κ1) is 17.5. The summed E-state index contributed by atoms with van der Waals surface area (Å²) < 4.78 is 9.86. The number of rotatable bonds is 8. The summed E-state index contributed by atoms with van der Waals surface area (Å²) >= 11 is 0. The fraction of sp³-hybridized carbons (Fsp3) is 0.400. The molecule has 7 nitrogen and oxygen atoms in total. The molecule has 0 atom stereocenters. The maximum absolute atomic E-state index is 11.6. The van der Waals surface area contributed by atoms with Gasteiger partial charge in [0.2, 0.25) is 5.91 Å².